The molecule has 0 amide bonds. The van der Waals surface area contributed by atoms with Crippen LogP contribution in [0.4, 0.5) is 0 Å². The van der Waals surface area contributed by atoms with E-state index in [1.807, 2.05) is 0 Å². The van der Waals surface area contributed by atoms with Gasteiger partial charge in [0.05, 0.1) is 0 Å². The average Bonchev–Trinajstić information content (AvgIpc) is 2.49. The van der Waals surface area contributed by atoms with E-state index in [1.165, 1.54) is 31.2 Å². The third-order valence-corrected chi connectivity index (χ3v) is 6.10. The Morgan fingerprint density at radius 1 is 0.842 bits per heavy atom. The normalized spacial score (nSPS) is 14.4. The maximum Gasteiger partial charge on any atom is -0.00214 e. The summed E-state index contributed by atoms with van der Waals surface area (Å²) in [6, 6.07) is 11.2. The van der Waals surface area contributed by atoms with Crippen LogP contribution in [0.3, 0.4) is 0 Å². The third kappa shape index (κ3) is 2.88. The Morgan fingerprint density at radius 3 is 1.68 bits per heavy atom. The lowest BCUT2D eigenvalue weighted by Crippen LogP contribution is -2.42. The first-order valence-electron chi connectivity index (χ1n) is 8.06. The zero-order chi connectivity index (χ0) is 14.5. The molecule has 19 heavy (non-hydrogen) atoms. The van der Waals surface area contributed by atoms with E-state index in [-0.39, 0.29) is 0 Å². The van der Waals surface area contributed by atoms with E-state index in [2.05, 4.69) is 71.9 Å². The van der Waals surface area contributed by atoms with Gasteiger partial charge in [0.1, 0.15) is 0 Å². The predicted molar refractivity (Wildman–Crippen MR) is 86.6 cm³/mol. The van der Waals surface area contributed by atoms with Crippen LogP contribution >= 0.6 is 0 Å². The van der Waals surface area contributed by atoms with E-state index in [9.17, 15) is 0 Å². The minimum absolute atomic E-state index is 0.321. The van der Waals surface area contributed by atoms with Crippen LogP contribution in [0, 0.1) is 11.3 Å². The molecule has 0 aromatic heterocycles. The number of benzene rings is 1. The van der Waals surface area contributed by atoms with Gasteiger partial charge in [-0.05, 0) is 35.2 Å². The predicted octanol–water partition coefficient (Wildman–Crippen LogP) is 6.21. The highest BCUT2D eigenvalue weighted by molar-refractivity contribution is 5.27. The molecule has 1 unspecified atom stereocenters. The van der Waals surface area contributed by atoms with Gasteiger partial charge in [-0.3, -0.25) is 0 Å². The molecule has 0 spiro atoms. The molecule has 0 heteroatoms. The summed E-state index contributed by atoms with van der Waals surface area (Å²) in [5, 5.41) is 0. The fourth-order valence-corrected chi connectivity index (χ4v) is 3.82. The fraction of sp³-hybridized carbons (Fsp3) is 0.684. The van der Waals surface area contributed by atoms with Gasteiger partial charge >= 0.3 is 0 Å². The van der Waals surface area contributed by atoms with Crippen LogP contribution in [0.1, 0.15) is 72.8 Å². The van der Waals surface area contributed by atoms with E-state index in [4.69, 9.17) is 0 Å². The van der Waals surface area contributed by atoms with Crippen LogP contribution in [-0.2, 0) is 5.41 Å². The molecule has 0 saturated heterocycles. The van der Waals surface area contributed by atoms with Crippen LogP contribution in [0.25, 0.3) is 0 Å². The van der Waals surface area contributed by atoms with Crippen LogP contribution in [0.15, 0.2) is 30.3 Å². The molecule has 0 aliphatic heterocycles. The summed E-state index contributed by atoms with van der Waals surface area (Å²) in [5.41, 5.74) is 2.28. The first-order chi connectivity index (χ1) is 9.00. The molecular formula is C19H32. The Kier molecular flexibility index (Phi) is 5.64. The Hall–Kier alpha value is -0.780. The molecule has 0 fully saturated rings. The number of hydrogen-bond acceptors (Lipinski definition) is 0. The lowest BCUT2D eigenvalue weighted by Gasteiger charge is -2.48. The van der Waals surface area contributed by atoms with Crippen LogP contribution in [0.5, 0.6) is 0 Å². The van der Waals surface area contributed by atoms with Crippen molar-refractivity contribution < 1.29 is 0 Å². The standard InChI is InChI=1S/C19H32/c1-7-18(6,8-2)16(5)19(9-3,10-4)17-14-12-11-13-15-17/h11-16H,7-10H2,1-6H3. The Balaban J connectivity index is 3.27. The van der Waals surface area contributed by atoms with E-state index in [0.717, 1.165) is 0 Å². The summed E-state index contributed by atoms with van der Waals surface area (Å²) in [6.45, 7) is 14.4. The van der Waals surface area contributed by atoms with Gasteiger partial charge in [0, 0.05) is 0 Å². The van der Waals surface area contributed by atoms with Gasteiger partial charge in [0.2, 0.25) is 0 Å². The Morgan fingerprint density at radius 2 is 1.32 bits per heavy atom. The molecule has 0 nitrogen and oxygen atoms in total. The molecule has 0 radical (unpaired) electrons. The molecule has 1 atom stereocenters. The molecule has 1 rings (SSSR count). The second kappa shape index (κ2) is 6.59. The highest BCUT2D eigenvalue weighted by Gasteiger charge is 2.43. The summed E-state index contributed by atoms with van der Waals surface area (Å²) >= 11 is 0. The maximum absolute atomic E-state index is 2.48. The zero-order valence-corrected chi connectivity index (χ0v) is 13.8. The minimum Gasteiger partial charge on any atom is -0.0649 e. The Labute approximate surface area is 120 Å². The largest absolute Gasteiger partial charge is 0.0649 e. The summed E-state index contributed by atoms with van der Waals surface area (Å²) in [4.78, 5) is 0. The van der Waals surface area contributed by atoms with Gasteiger partial charge in [-0.1, -0.05) is 84.7 Å². The van der Waals surface area contributed by atoms with Gasteiger partial charge in [-0.15, -0.1) is 0 Å². The van der Waals surface area contributed by atoms with Crippen molar-refractivity contribution in [1.82, 2.24) is 0 Å². The summed E-state index contributed by atoms with van der Waals surface area (Å²) < 4.78 is 0. The molecule has 0 bridgehead atoms. The lowest BCUT2D eigenvalue weighted by atomic mass is 9.57. The van der Waals surface area contributed by atoms with Crippen LogP contribution < -0.4 is 0 Å². The number of hydrogen-bond donors (Lipinski definition) is 0. The fourth-order valence-electron chi connectivity index (χ4n) is 3.82. The highest BCUT2D eigenvalue weighted by Crippen LogP contribution is 2.49. The van der Waals surface area contributed by atoms with E-state index in [1.54, 1.807) is 0 Å². The average molecular weight is 260 g/mol. The second-order valence-corrected chi connectivity index (χ2v) is 6.31. The van der Waals surface area contributed by atoms with Crippen LogP contribution in [-0.4, -0.2) is 0 Å². The van der Waals surface area contributed by atoms with Gasteiger partial charge in [-0.2, -0.15) is 0 Å². The smallest absolute Gasteiger partial charge is 0.00214 e. The first kappa shape index (κ1) is 16.3. The molecule has 1 aromatic carbocycles. The molecule has 0 aliphatic carbocycles. The van der Waals surface area contributed by atoms with Gasteiger partial charge in [0.15, 0.2) is 0 Å². The highest BCUT2D eigenvalue weighted by atomic mass is 14.5. The first-order valence-corrected chi connectivity index (χ1v) is 8.06. The van der Waals surface area contributed by atoms with Crippen molar-refractivity contribution in [2.45, 2.75) is 72.6 Å². The third-order valence-electron chi connectivity index (χ3n) is 6.10. The summed E-state index contributed by atoms with van der Waals surface area (Å²) in [6.07, 6.45) is 4.98. The van der Waals surface area contributed by atoms with Crippen molar-refractivity contribution >= 4 is 0 Å². The van der Waals surface area contributed by atoms with E-state index < -0.39 is 0 Å². The van der Waals surface area contributed by atoms with Gasteiger partial charge in [0.25, 0.3) is 0 Å². The van der Waals surface area contributed by atoms with Crippen molar-refractivity contribution in [3.05, 3.63) is 35.9 Å². The van der Waals surface area contributed by atoms with Crippen molar-refractivity contribution in [1.29, 1.82) is 0 Å². The molecule has 0 saturated carbocycles. The molecular weight excluding hydrogens is 228 g/mol. The summed E-state index contributed by atoms with van der Waals surface area (Å²) in [7, 11) is 0. The molecule has 0 aliphatic rings. The zero-order valence-electron chi connectivity index (χ0n) is 13.8. The van der Waals surface area contributed by atoms with Gasteiger partial charge < -0.3 is 0 Å². The van der Waals surface area contributed by atoms with Crippen molar-refractivity contribution in [2.75, 3.05) is 0 Å². The molecule has 108 valence electrons. The van der Waals surface area contributed by atoms with E-state index >= 15 is 0 Å². The van der Waals surface area contributed by atoms with Crippen molar-refractivity contribution in [2.24, 2.45) is 11.3 Å². The van der Waals surface area contributed by atoms with E-state index in [0.29, 0.717) is 16.7 Å². The summed E-state index contributed by atoms with van der Waals surface area (Å²) in [5.74, 6) is 0.701. The lowest BCUT2D eigenvalue weighted by molar-refractivity contribution is 0.0872. The minimum atomic E-state index is 0.321. The number of rotatable bonds is 7. The second-order valence-electron chi connectivity index (χ2n) is 6.31. The maximum atomic E-state index is 2.48. The van der Waals surface area contributed by atoms with Crippen molar-refractivity contribution in [3.8, 4) is 0 Å². The Bertz CT molecular complexity index is 355. The monoisotopic (exact) mass is 260 g/mol. The molecule has 0 N–H and O–H groups in total. The molecule has 0 heterocycles. The van der Waals surface area contributed by atoms with Crippen LogP contribution in [0.2, 0.25) is 0 Å². The molecule has 1 aromatic rings. The topological polar surface area (TPSA) is 0 Å². The SMILES string of the molecule is CCC(C)(CC)C(C)C(CC)(CC)c1ccccc1. The van der Waals surface area contributed by atoms with Crippen molar-refractivity contribution in [3.63, 3.8) is 0 Å². The van der Waals surface area contributed by atoms with Gasteiger partial charge in [-0.25, -0.2) is 0 Å². The quantitative estimate of drug-likeness (QED) is 0.547.